The molecule has 0 saturated heterocycles. The van der Waals surface area contributed by atoms with Crippen molar-refractivity contribution in [1.82, 2.24) is 9.97 Å². The quantitative estimate of drug-likeness (QED) is 0.769. The molecular weight excluding hydrogens is 220 g/mol. The molecule has 0 radical (unpaired) electrons. The third kappa shape index (κ3) is 4.67. The summed E-state index contributed by atoms with van der Waals surface area (Å²) in [5.74, 6) is 0.746. The average Bonchev–Trinajstić information content (AvgIpc) is 2.15. The van der Waals surface area contributed by atoms with Crippen LogP contribution in [0.1, 0.15) is 27.2 Å². The van der Waals surface area contributed by atoms with Crippen molar-refractivity contribution in [2.45, 2.75) is 32.7 Å². The van der Waals surface area contributed by atoms with Crippen LogP contribution in [0.2, 0.25) is 0 Å². The Labute approximate surface area is 101 Å². The lowest BCUT2D eigenvalue weighted by molar-refractivity contribution is -0.118. The Kier molecular flexibility index (Phi) is 4.25. The van der Waals surface area contributed by atoms with Gasteiger partial charge in [-0.2, -0.15) is 0 Å². The fourth-order valence-corrected chi connectivity index (χ4v) is 1.46. The second kappa shape index (κ2) is 5.47. The van der Waals surface area contributed by atoms with E-state index in [9.17, 15) is 4.79 Å². The smallest absolute Gasteiger partial charge is 0.219 e. The minimum atomic E-state index is -0.455. The van der Waals surface area contributed by atoms with E-state index in [1.165, 1.54) is 6.33 Å². The standard InChI is InChI=1S/C11H18N4O2/c1-4-17-10-5-9(13-7-14-10)15-11(2,3)6-8(12)16/h5,7H,4,6H2,1-3H3,(H2,12,16)(H,13,14,15). The summed E-state index contributed by atoms with van der Waals surface area (Å²) in [6.07, 6.45) is 1.63. The van der Waals surface area contributed by atoms with E-state index in [0.29, 0.717) is 18.3 Å². The second-order valence-corrected chi connectivity index (χ2v) is 4.33. The Hall–Kier alpha value is -1.85. The van der Waals surface area contributed by atoms with Gasteiger partial charge in [-0.3, -0.25) is 4.79 Å². The minimum absolute atomic E-state index is 0.223. The normalized spacial score (nSPS) is 11.0. The van der Waals surface area contributed by atoms with Crippen molar-refractivity contribution in [2.24, 2.45) is 5.73 Å². The first kappa shape index (κ1) is 13.2. The van der Waals surface area contributed by atoms with Crippen molar-refractivity contribution in [2.75, 3.05) is 11.9 Å². The molecule has 0 unspecified atom stereocenters. The summed E-state index contributed by atoms with van der Waals surface area (Å²) in [4.78, 5) is 18.9. The molecule has 6 heteroatoms. The summed E-state index contributed by atoms with van der Waals surface area (Å²) in [6, 6.07) is 1.69. The summed E-state index contributed by atoms with van der Waals surface area (Å²) in [6.45, 7) is 6.17. The van der Waals surface area contributed by atoms with Gasteiger partial charge >= 0.3 is 0 Å². The van der Waals surface area contributed by atoms with Gasteiger partial charge in [-0.05, 0) is 20.8 Å². The number of amides is 1. The van der Waals surface area contributed by atoms with E-state index in [4.69, 9.17) is 10.5 Å². The van der Waals surface area contributed by atoms with Crippen LogP contribution in [0.5, 0.6) is 5.88 Å². The van der Waals surface area contributed by atoms with Crippen molar-refractivity contribution in [3.63, 3.8) is 0 Å². The molecule has 0 aliphatic carbocycles. The molecule has 6 nitrogen and oxygen atoms in total. The molecule has 1 heterocycles. The van der Waals surface area contributed by atoms with E-state index in [-0.39, 0.29) is 12.3 Å². The van der Waals surface area contributed by atoms with Crippen LogP contribution in [0.3, 0.4) is 0 Å². The van der Waals surface area contributed by atoms with E-state index >= 15 is 0 Å². The SMILES string of the molecule is CCOc1cc(NC(C)(C)CC(N)=O)ncn1. The van der Waals surface area contributed by atoms with Gasteiger partial charge in [-0.25, -0.2) is 9.97 Å². The van der Waals surface area contributed by atoms with E-state index in [0.717, 1.165) is 0 Å². The number of carbonyl (C=O) groups is 1. The van der Waals surface area contributed by atoms with E-state index in [1.54, 1.807) is 6.07 Å². The van der Waals surface area contributed by atoms with Crippen molar-refractivity contribution >= 4 is 11.7 Å². The number of hydrogen-bond acceptors (Lipinski definition) is 5. The van der Waals surface area contributed by atoms with Gasteiger partial charge < -0.3 is 15.8 Å². The zero-order chi connectivity index (χ0) is 12.9. The number of nitrogens with zero attached hydrogens (tertiary/aromatic N) is 2. The number of hydrogen-bond donors (Lipinski definition) is 2. The van der Waals surface area contributed by atoms with Crippen LogP contribution in [0.25, 0.3) is 0 Å². The lowest BCUT2D eigenvalue weighted by atomic mass is 10.0. The maximum absolute atomic E-state index is 10.9. The molecule has 0 aliphatic rings. The van der Waals surface area contributed by atoms with Crippen molar-refractivity contribution in [1.29, 1.82) is 0 Å². The number of primary amides is 1. The van der Waals surface area contributed by atoms with E-state index < -0.39 is 5.54 Å². The topological polar surface area (TPSA) is 90.1 Å². The number of aromatic nitrogens is 2. The Bertz CT molecular complexity index is 393. The van der Waals surface area contributed by atoms with E-state index in [1.807, 2.05) is 20.8 Å². The van der Waals surface area contributed by atoms with Crippen LogP contribution in [-0.4, -0.2) is 28.0 Å². The summed E-state index contributed by atoms with van der Waals surface area (Å²) in [5.41, 5.74) is 4.72. The fraction of sp³-hybridized carbons (Fsp3) is 0.545. The van der Waals surface area contributed by atoms with Crippen LogP contribution >= 0.6 is 0 Å². The largest absolute Gasteiger partial charge is 0.478 e. The van der Waals surface area contributed by atoms with Gasteiger partial charge in [-0.15, -0.1) is 0 Å². The summed E-state index contributed by atoms with van der Waals surface area (Å²) >= 11 is 0. The highest BCUT2D eigenvalue weighted by molar-refractivity contribution is 5.75. The number of ether oxygens (including phenoxy) is 1. The molecule has 1 rings (SSSR count). The first-order valence-electron chi connectivity index (χ1n) is 5.44. The molecule has 0 bridgehead atoms. The first-order chi connectivity index (χ1) is 7.93. The fourth-order valence-electron chi connectivity index (χ4n) is 1.46. The number of carbonyl (C=O) groups excluding carboxylic acids is 1. The summed E-state index contributed by atoms with van der Waals surface area (Å²) < 4.78 is 5.26. The molecule has 0 atom stereocenters. The van der Waals surface area contributed by atoms with Gasteiger partial charge in [0.25, 0.3) is 0 Å². The average molecular weight is 238 g/mol. The van der Waals surface area contributed by atoms with Crippen LogP contribution in [-0.2, 0) is 4.79 Å². The molecule has 0 saturated carbocycles. The molecule has 94 valence electrons. The number of rotatable bonds is 6. The molecule has 0 aromatic carbocycles. The van der Waals surface area contributed by atoms with Gasteiger partial charge in [0.15, 0.2) is 0 Å². The highest BCUT2D eigenvalue weighted by Crippen LogP contribution is 2.18. The third-order valence-corrected chi connectivity index (χ3v) is 2.02. The van der Waals surface area contributed by atoms with Crippen LogP contribution < -0.4 is 15.8 Å². The molecule has 1 aromatic rings. The van der Waals surface area contributed by atoms with Gasteiger partial charge in [0, 0.05) is 18.0 Å². The molecule has 1 amide bonds. The van der Waals surface area contributed by atoms with Crippen molar-refractivity contribution in [3.05, 3.63) is 12.4 Å². The molecule has 3 N–H and O–H groups in total. The Balaban J connectivity index is 2.73. The Morgan fingerprint density at radius 3 is 2.82 bits per heavy atom. The zero-order valence-corrected chi connectivity index (χ0v) is 10.4. The molecule has 0 spiro atoms. The number of anilines is 1. The second-order valence-electron chi connectivity index (χ2n) is 4.33. The molecule has 0 fully saturated rings. The maximum Gasteiger partial charge on any atom is 0.219 e. The van der Waals surface area contributed by atoms with Crippen LogP contribution in [0, 0.1) is 0 Å². The summed E-state index contributed by atoms with van der Waals surface area (Å²) in [7, 11) is 0. The third-order valence-electron chi connectivity index (χ3n) is 2.02. The van der Waals surface area contributed by atoms with Crippen LogP contribution in [0.15, 0.2) is 12.4 Å². The van der Waals surface area contributed by atoms with Gasteiger partial charge in [0.05, 0.1) is 6.61 Å². The Morgan fingerprint density at radius 2 is 2.24 bits per heavy atom. The molecule has 0 aliphatic heterocycles. The first-order valence-corrected chi connectivity index (χ1v) is 5.44. The predicted octanol–water partition coefficient (Wildman–Crippen LogP) is 0.941. The van der Waals surface area contributed by atoms with Gasteiger partial charge in [-0.1, -0.05) is 0 Å². The van der Waals surface area contributed by atoms with Gasteiger partial charge in [0.2, 0.25) is 11.8 Å². The molecular formula is C11H18N4O2. The monoisotopic (exact) mass is 238 g/mol. The number of nitrogens with two attached hydrogens (primary N) is 1. The van der Waals surface area contributed by atoms with E-state index in [2.05, 4.69) is 15.3 Å². The predicted molar refractivity (Wildman–Crippen MR) is 64.7 cm³/mol. The summed E-state index contributed by atoms with van der Waals surface area (Å²) in [5, 5.41) is 3.12. The highest BCUT2D eigenvalue weighted by Gasteiger charge is 2.20. The van der Waals surface area contributed by atoms with Gasteiger partial charge in [0.1, 0.15) is 12.1 Å². The minimum Gasteiger partial charge on any atom is -0.478 e. The van der Waals surface area contributed by atoms with Crippen molar-refractivity contribution < 1.29 is 9.53 Å². The molecule has 1 aromatic heterocycles. The van der Waals surface area contributed by atoms with Crippen molar-refractivity contribution in [3.8, 4) is 5.88 Å². The maximum atomic E-state index is 10.9. The Morgan fingerprint density at radius 1 is 1.53 bits per heavy atom. The van der Waals surface area contributed by atoms with Crippen LogP contribution in [0.4, 0.5) is 5.82 Å². The zero-order valence-electron chi connectivity index (χ0n) is 10.4. The number of nitrogens with one attached hydrogen (secondary N) is 1. The lowest BCUT2D eigenvalue weighted by Crippen LogP contribution is -2.36. The lowest BCUT2D eigenvalue weighted by Gasteiger charge is -2.25. The highest BCUT2D eigenvalue weighted by atomic mass is 16.5. The molecule has 17 heavy (non-hydrogen) atoms.